The van der Waals surface area contributed by atoms with E-state index in [1.54, 1.807) is 13.1 Å². The zero-order chi connectivity index (χ0) is 9.14. The maximum Gasteiger partial charge on any atom is 0.351 e. The van der Waals surface area contributed by atoms with Crippen LogP contribution in [-0.2, 0) is 11.5 Å². The second kappa shape index (κ2) is 3.36. The maximum atomic E-state index is 11.1. The Hall–Kier alpha value is -1.36. The van der Waals surface area contributed by atoms with Gasteiger partial charge in [0.05, 0.1) is 0 Å². The van der Waals surface area contributed by atoms with Crippen LogP contribution in [-0.4, -0.2) is 16.7 Å². The smallest absolute Gasteiger partial charge is 0.351 e. The lowest BCUT2D eigenvalue weighted by atomic mass is 10.3. The van der Waals surface area contributed by atoms with Crippen molar-refractivity contribution in [2.45, 2.75) is 13.7 Å². The molecule has 0 aliphatic rings. The van der Waals surface area contributed by atoms with Gasteiger partial charge in [0, 0.05) is 18.9 Å². The van der Waals surface area contributed by atoms with Crippen molar-refractivity contribution in [3.8, 4) is 0 Å². The van der Waals surface area contributed by atoms with E-state index in [0.717, 1.165) is 5.56 Å². The predicted molar refractivity (Wildman–Crippen MR) is 44.7 cm³/mol. The fourth-order valence-electron chi connectivity index (χ4n) is 0.842. The number of aromatic nitrogens is 2. The number of nitrogens with two attached hydrogens (primary N) is 1. The third-order valence-electron chi connectivity index (χ3n) is 1.48. The third kappa shape index (κ3) is 1.62. The summed E-state index contributed by atoms with van der Waals surface area (Å²) in [4.78, 5) is 14.7. The Labute approximate surface area is 69.8 Å². The highest BCUT2D eigenvalue weighted by Crippen LogP contribution is 2.00. The molecule has 0 spiro atoms. The van der Waals surface area contributed by atoms with Gasteiger partial charge in [-0.3, -0.25) is 4.57 Å². The van der Waals surface area contributed by atoms with Crippen LogP contribution in [0.5, 0.6) is 0 Å². The molecule has 66 valence electrons. The van der Waals surface area contributed by atoms with Crippen molar-refractivity contribution in [2.75, 3.05) is 12.8 Å². The Balaban J connectivity index is 3.14. The molecule has 0 saturated carbocycles. The Morgan fingerprint density at radius 2 is 2.42 bits per heavy atom. The van der Waals surface area contributed by atoms with Gasteiger partial charge < -0.3 is 10.5 Å². The SMILES string of the molecule is COCn1cc(C)c(N)nc1=O. The minimum Gasteiger partial charge on any atom is -0.383 e. The first-order chi connectivity index (χ1) is 5.65. The number of hydrogen-bond donors (Lipinski definition) is 1. The first-order valence-corrected chi connectivity index (χ1v) is 3.47. The van der Waals surface area contributed by atoms with Crippen LogP contribution < -0.4 is 11.4 Å². The normalized spacial score (nSPS) is 10.2. The summed E-state index contributed by atoms with van der Waals surface area (Å²) in [7, 11) is 1.51. The summed E-state index contributed by atoms with van der Waals surface area (Å²) >= 11 is 0. The van der Waals surface area contributed by atoms with Gasteiger partial charge in [-0.05, 0) is 6.92 Å². The zero-order valence-corrected chi connectivity index (χ0v) is 7.07. The topological polar surface area (TPSA) is 70.1 Å². The summed E-state index contributed by atoms with van der Waals surface area (Å²) < 4.78 is 6.14. The van der Waals surface area contributed by atoms with Crippen LogP contribution in [0.4, 0.5) is 5.82 Å². The highest BCUT2D eigenvalue weighted by molar-refractivity contribution is 5.34. The number of nitrogens with zero attached hydrogens (tertiary/aromatic N) is 2. The number of anilines is 1. The molecule has 5 nitrogen and oxygen atoms in total. The van der Waals surface area contributed by atoms with Gasteiger partial charge in [0.25, 0.3) is 0 Å². The van der Waals surface area contributed by atoms with E-state index in [0.29, 0.717) is 0 Å². The summed E-state index contributed by atoms with van der Waals surface area (Å²) in [6, 6.07) is 0. The molecule has 1 rings (SSSR count). The molecule has 0 radical (unpaired) electrons. The second-order valence-electron chi connectivity index (χ2n) is 2.48. The fourth-order valence-corrected chi connectivity index (χ4v) is 0.842. The van der Waals surface area contributed by atoms with E-state index in [9.17, 15) is 4.79 Å². The first-order valence-electron chi connectivity index (χ1n) is 3.47. The van der Waals surface area contributed by atoms with Crippen molar-refractivity contribution >= 4 is 5.82 Å². The van der Waals surface area contributed by atoms with E-state index >= 15 is 0 Å². The molecule has 0 atom stereocenters. The van der Waals surface area contributed by atoms with Crippen LogP contribution in [0.25, 0.3) is 0 Å². The molecule has 0 aliphatic carbocycles. The average Bonchev–Trinajstić information content (AvgIpc) is 2.01. The predicted octanol–water partition coefficient (Wildman–Crippen LogP) is -0.262. The van der Waals surface area contributed by atoms with E-state index in [1.165, 1.54) is 11.7 Å². The van der Waals surface area contributed by atoms with Gasteiger partial charge in [0.1, 0.15) is 12.5 Å². The van der Waals surface area contributed by atoms with E-state index in [2.05, 4.69) is 4.98 Å². The molecule has 12 heavy (non-hydrogen) atoms. The monoisotopic (exact) mass is 169 g/mol. The molecule has 0 saturated heterocycles. The molecule has 0 bridgehead atoms. The van der Waals surface area contributed by atoms with Crippen LogP contribution in [0.1, 0.15) is 5.56 Å². The summed E-state index contributed by atoms with van der Waals surface area (Å²) in [5.74, 6) is 0.271. The fraction of sp³-hybridized carbons (Fsp3) is 0.429. The summed E-state index contributed by atoms with van der Waals surface area (Å²) in [6.07, 6.45) is 1.62. The molecule has 5 heteroatoms. The van der Waals surface area contributed by atoms with Crippen LogP contribution in [0, 0.1) is 6.92 Å². The van der Waals surface area contributed by atoms with Crippen molar-refractivity contribution in [2.24, 2.45) is 0 Å². The summed E-state index contributed by atoms with van der Waals surface area (Å²) in [6.45, 7) is 1.99. The number of nitrogen functional groups attached to an aromatic ring is 1. The number of hydrogen-bond acceptors (Lipinski definition) is 4. The molecular formula is C7H11N3O2. The van der Waals surface area contributed by atoms with Crippen LogP contribution in [0.3, 0.4) is 0 Å². The van der Waals surface area contributed by atoms with Crippen LogP contribution in [0.2, 0.25) is 0 Å². The Bertz CT molecular complexity index is 332. The Morgan fingerprint density at radius 3 is 3.00 bits per heavy atom. The maximum absolute atomic E-state index is 11.1. The quantitative estimate of drug-likeness (QED) is 0.662. The second-order valence-corrected chi connectivity index (χ2v) is 2.48. The van der Waals surface area contributed by atoms with Gasteiger partial charge in [-0.1, -0.05) is 0 Å². The molecule has 0 aliphatic heterocycles. The van der Waals surface area contributed by atoms with Crippen molar-refractivity contribution in [3.63, 3.8) is 0 Å². The van der Waals surface area contributed by atoms with Crippen molar-refractivity contribution in [1.82, 2.24) is 9.55 Å². The molecule has 0 aromatic carbocycles. The molecule has 1 heterocycles. The molecular weight excluding hydrogens is 158 g/mol. The molecule has 1 aromatic rings. The zero-order valence-electron chi connectivity index (χ0n) is 7.07. The van der Waals surface area contributed by atoms with Gasteiger partial charge >= 0.3 is 5.69 Å². The minimum absolute atomic E-state index is 0.201. The van der Waals surface area contributed by atoms with Gasteiger partial charge in [0.2, 0.25) is 0 Å². The number of rotatable bonds is 2. The van der Waals surface area contributed by atoms with Gasteiger partial charge in [-0.25, -0.2) is 4.79 Å². The molecule has 0 unspecified atom stereocenters. The number of aryl methyl sites for hydroxylation is 1. The lowest BCUT2D eigenvalue weighted by Gasteiger charge is -2.04. The molecule has 0 amide bonds. The third-order valence-corrected chi connectivity index (χ3v) is 1.48. The van der Waals surface area contributed by atoms with Gasteiger partial charge in [-0.2, -0.15) is 4.98 Å². The van der Waals surface area contributed by atoms with E-state index < -0.39 is 0 Å². The van der Waals surface area contributed by atoms with E-state index in [4.69, 9.17) is 10.5 Å². The van der Waals surface area contributed by atoms with Gasteiger partial charge in [0.15, 0.2) is 0 Å². The van der Waals surface area contributed by atoms with E-state index in [1.807, 2.05) is 0 Å². The van der Waals surface area contributed by atoms with Crippen molar-refractivity contribution < 1.29 is 4.74 Å². The van der Waals surface area contributed by atoms with Gasteiger partial charge in [-0.15, -0.1) is 0 Å². The van der Waals surface area contributed by atoms with E-state index in [-0.39, 0.29) is 18.2 Å². The first kappa shape index (κ1) is 8.73. The molecule has 2 N–H and O–H groups in total. The lowest BCUT2D eigenvalue weighted by molar-refractivity contribution is 0.127. The van der Waals surface area contributed by atoms with Crippen LogP contribution in [0.15, 0.2) is 11.0 Å². The highest BCUT2D eigenvalue weighted by Gasteiger charge is 2.00. The highest BCUT2D eigenvalue weighted by atomic mass is 16.5. The molecule has 0 fully saturated rings. The van der Waals surface area contributed by atoms with Crippen molar-refractivity contribution in [1.29, 1.82) is 0 Å². The van der Waals surface area contributed by atoms with Crippen LogP contribution >= 0.6 is 0 Å². The number of ether oxygens (including phenoxy) is 1. The molecule has 1 aromatic heterocycles. The standard InChI is InChI=1S/C7H11N3O2/c1-5-3-10(4-12-2)7(11)9-6(5)8/h3H,4H2,1-2H3,(H2,8,9,11). The Kier molecular flexibility index (Phi) is 2.44. The summed E-state index contributed by atoms with van der Waals surface area (Å²) in [5, 5.41) is 0. The lowest BCUT2D eigenvalue weighted by Crippen LogP contribution is -2.24. The minimum atomic E-state index is -0.389. The average molecular weight is 169 g/mol. The Morgan fingerprint density at radius 1 is 1.75 bits per heavy atom. The van der Waals surface area contributed by atoms with Crippen molar-refractivity contribution in [3.05, 3.63) is 22.2 Å². The largest absolute Gasteiger partial charge is 0.383 e. The summed E-state index contributed by atoms with van der Waals surface area (Å²) in [5.41, 5.74) is 5.80. The number of methoxy groups -OCH3 is 1.